The lowest BCUT2D eigenvalue weighted by Crippen LogP contribution is -2.43. The number of aromatic nitrogens is 2. The summed E-state index contributed by atoms with van der Waals surface area (Å²) in [5.41, 5.74) is 1.16. The predicted octanol–water partition coefficient (Wildman–Crippen LogP) is 0.410. The van der Waals surface area contributed by atoms with Gasteiger partial charge in [-0.05, 0) is 38.3 Å². The first-order valence-corrected chi connectivity index (χ1v) is 6.20. The van der Waals surface area contributed by atoms with Crippen LogP contribution < -0.4 is 5.32 Å². The molecule has 2 heterocycles. The van der Waals surface area contributed by atoms with Gasteiger partial charge in [-0.25, -0.2) is 0 Å². The third-order valence-electron chi connectivity index (χ3n) is 3.27. The van der Waals surface area contributed by atoms with E-state index in [9.17, 15) is 4.79 Å². The summed E-state index contributed by atoms with van der Waals surface area (Å²) in [6.07, 6.45) is 5.07. The summed E-state index contributed by atoms with van der Waals surface area (Å²) >= 11 is 0. The number of likely N-dealkylation sites (N-methyl/N-ethyl adjacent to an activating group) is 1. The van der Waals surface area contributed by atoms with Crippen LogP contribution in [-0.2, 0) is 11.2 Å². The van der Waals surface area contributed by atoms with Gasteiger partial charge < -0.3 is 10.2 Å². The minimum Gasteiger partial charge on any atom is -0.341 e. The smallest absolute Gasteiger partial charge is 0.236 e. The van der Waals surface area contributed by atoms with E-state index in [0.29, 0.717) is 12.5 Å². The first-order chi connectivity index (χ1) is 8.29. The molecule has 17 heavy (non-hydrogen) atoms. The normalized spacial score (nSPS) is 20.5. The van der Waals surface area contributed by atoms with Gasteiger partial charge in [0, 0.05) is 25.0 Å². The van der Waals surface area contributed by atoms with Crippen LogP contribution in [0.15, 0.2) is 12.3 Å². The molecule has 1 aromatic heterocycles. The Morgan fingerprint density at radius 2 is 2.59 bits per heavy atom. The van der Waals surface area contributed by atoms with Crippen molar-refractivity contribution in [2.75, 3.05) is 26.7 Å². The molecule has 1 saturated heterocycles. The van der Waals surface area contributed by atoms with Gasteiger partial charge in [-0.2, -0.15) is 5.10 Å². The number of carbonyl (C=O) groups excluding carboxylic acids is 1. The molecule has 0 spiro atoms. The fraction of sp³-hybridized carbons (Fsp3) is 0.667. The Morgan fingerprint density at radius 3 is 3.29 bits per heavy atom. The molecule has 1 aliphatic heterocycles. The quantitative estimate of drug-likeness (QED) is 0.796. The summed E-state index contributed by atoms with van der Waals surface area (Å²) < 4.78 is 0. The van der Waals surface area contributed by atoms with Gasteiger partial charge in [0.25, 0.3) is 0 Å². The molecule has 1 fully saturated rings. The van der Waals surface area contributed by atoms with Gasteiger partial charge in [0.15, 0.2) is 0 Å². The summed E-state index contributed by atoms with van der Waals surface area (Å²) in [7, 11) is 1.81. The van der Waals surface area contributed by atoms with Crippen molar-refractivity contribution < 1.29 is 4.79 Å². The Morgan fingerprint density at radius 1 is 1.71 bits per heavy atom. The van der Waals surface area contributed by atoms with Crippen molar-refractivity contribution in [3.05, 3.63) is 18.0 Å². The number of nitrogens with zero attached hydrogens (tertiary/aromatic N) is 2. The highest BCUT2D eigenvalue weighted by Gasteiger charge is 2.23. The highest BCUT2D eigenvalue weighted by atomic mass is 16.2. The number of hydrogen-bond acceptors (Lipinski definition) is 3. The molecule has 1 aliphatic rings. The zero-order valence-electron chi connectivity index (χ0n) is 10.3. The van der Waals surface area contributed by atoms with Gasteiger partial charge in [0.05, 0.1) is 6.54 Å². The highest BCUT2D eigenvalue weighted by molar-refractivity contribution is 5.78. The van der Waals surface area contributed by atoms with Gasteiger partial charge in [0.1, 0.15) is 0 Å². The third kappa shape index (κ3) is 3.30. The lowest BCUT2D eigenvalue weighted by molar-refractivity contribution is -0.131. The molecule has 5 nitrogen and oxygen atoms in total. The molecular weight excluding hydrogens is 216 g/mol. The van der Waals surface area contributed by atoms with Crippen molar-refractivity contribution in [1.29, 1.82) is 0 Å². The SMILES string of the molecule is CNCC(=O)N1CCCC(Cc2ccn[nH]2)C1. The number of likely N-dealkylation sites (tertiary alicyclic amines) is 1. The van der Waals surface area contributed by atoms with Crippen molar-refractivity contribution in [3.8, 4) is 0 Å². The topological polar surface area (TPSA) is 61.0 Å². The second kappa shape index (κ2) is 5.82. The number of rotatable bonds is 4. The number of carbonyl (C=O) groups is 1. The van der Waals surface area contributed by atoms with E-state index < -0.39 is 0 Å². The van der Waals surface area contributed by atoms with Crippen LogP contribution in [0, 0.1) is 5.92 Å². The molecule has 1 unspecified atom stereocenters. The van der Waals surface area contributed by atoms with Crippen LogP contribution in [0.5, 0.6) is 0 Å². The first kappa shape index (κ1) is 12.1. The predicted molar refractivity (Wildman–Crippen MR) is 65.5 cm³/mol. The van der Waals surface area contributed by atoms with Gasteiger partial charge in [0.2, 0.25) is 5.91 Å². The molecule has 2 rings (SSSR count). The average molecular weight is 236 g/mol. The molecule has 0 saturated carbocycles. The summed E-state index contributed by atoms with van der Waals surface area (Å²) in [5, 5.41) is 9.86. The molecule has 0 radical (unpaired) electrons. The van der Waals surface area contributed by atoms with Gasteiger partial charge in [-0.15, -0.1) is 0 Å². The Bertz CT molecular complexity index is 349. The minimum atomic E-state index is 0.210. The number of hydrogen-bond donors (Lipinski definition) is 2. The molecule has 5 heteroatoms. The number of amides is 1. The average Bonchev–Trinajstić information content (AvgIpc) is 2.82. The number of nitrogens with one attached hydrogen (secondary N) is 2. The molecule has 0 aliphatic carbocycles. The number of piperidine rings is 1. The van der Waals surface area contributed by atoms with E-state index >= 15 is 0 Å². The third-order valence-corrected chi connectivity index (χ3v) is 3.27. The van der Waals surface area contributed by atoms with Crippen molar-refractivity contribution in [2.45, 2.75) is 19.3 Å². The minimum absolute atomic E-state index is 0.210. The number of aromatic amines is 1. The van der Waals surface area contributed by atoms with Crippen LogP contribution >= 0.6 is 0 Å². The van der Waals surface area contributed by atoms with Gasteiger partial charge in [-0.1, -0.05) is 0 Å². The Kier molecular flexibility index (Phi) is 4.14. The maximum atomic E-state index is 11.8. The Hall–Kier alpha value is -1.36. The fourth-order valence-electron chi connectivity index (χ4n) is 2.43. The Labute approximate surface area is 102 Å². The van der Waals surface area contributed by atoms with E-state index in [-0.39, 0.29) is 5.91 Å². The molecule has 0 aromatic carbocycles. The zero-order valence-corrected chi connectivity index (χ0v) is 10.3. The largest absolute Gasteiger partial charge is 0.341 e. The summed E-state index contributed by atoms with van der Waals surface area (Å²) in [6.45, 7) is 2.22. The number of H-pyrrole nitrogens is 1. The van der Waals surface area contributed by atoms with Crippen LogP contribution in [0.3, 0.4) is 0 Å². The molecule has 94 valence electrons. The van der Waals surface area contributed by atoms with Crippen molar-refractivity contribution in [2.24, 2.45) is 5.92 Å². The van der Waals surface area contributed by atoms with E-state index in [1.165, 1.54) is 6.42 Å². The first-order valence-electron chi connectivity index (χ1n) is 6.20. The van der Waals surface area contributed by atoms with E-state index in [1.807, 2.05) is 18.0 Å². The van der Waals surface area contributed by atoms with Crippen LogP contribution in [0.25, 0.3) is 0 Å². The van der Waals surface area contributed by atoms with Crippen LogP contribution in [0.2, 0.25) is 0 Å². The summed E-state index contributed by atoms with van der Waals surface area (Å²) in [5.74, 6) is 0.770. The zero-order chi connectivity index (χ0) is 12.1. The monoisotopic (exact) mass is 236 g/mol. The van der Waals surface area contributed by atoms with Crippen molar-refractivity contribution in [1.82, 2.24) is 20.4 Å². The molecule has 1 aromatic rings. The van der Waals surface area contributed by atoms with Crippen molar-refractivity contribution >= 4 is 5.91 Å². The molecule has 2 N–H and O–H groups in total. The lowest BCUT2D eigenvalue weighted by Gasteiger charge is -2.32. The standard InChI is InChI=1S/C12H20N4O/c1-13-8-12(17)16-6-2-3-10(9-16)7-11-4-5-14-15-11/h4-5,10,13H,2-3,6-9H2,1H3,(H,14,15). The molecular formula is C12H20N4O. The molecule has 1 amide bonds. The summed E-state index contributed by atoms with van der Waals surface area (Å²) in [4.78, 5) is 13.8. The fourth-order valence-corrected chi connectivity index (χ4v) is 2.43. The van der Waals surface area contributed by atoms with E-state index in [2.05, 4.69) is 15.5 Å². The maximum absolute atomic E-state index is 11.8. The van der Waals surface area contributed by atoms with E-state index in [0.717, 1.165) is 31.6 Å². The summed E-state index contributed by atoms with van der Waals surface area (Å²) in [6, 6.07) is 2.01. The highest BCUT2D eigenvalue weighted by Crippen LogP contribution is 2.19. The second-order valence-corrected chi connectivity index (χ2v) is 4.66. The molecule has 1 atom stereocenters. The van der Waals surface area contributed by atoms with Gasteiger partial charge >= 0.3 is 0 Å². The van der Waals surface area contributed by atoms with Crippen LogP contribution in [0.4, 0.5) is 0 Å². The molecule has 0 bridgehead atoms. The van der Waals surface area contributed by atoms with Crippen LogP contribution in [-0.4, -0.2) is 47.7 Å². The van der Waals surface area contributed by atoms with E-state index in [1.54, 1.807) is 6.20 Å². The second-order valence-electron chi connectivity index (χ2n) is 4.66. The lowest BCUT2D eigenvalue weighted by atomic mass is 9.93. The van der Waals surface area contributed by atoms with Crippen LogP contribution in [0.1, 0.15) is 18.5 Å². The van der Waals surface area contributed by atoms with E-state index in [4.69, 9.17) is 0 Å². The Balaban J connectivity index is 1.86. The van der Waals surface area contributed by atoms with Gasteiger partial charge in [-0.3, -0.25) is 9.89 Å². The maximum Gasteiger partial charge on any atom is 0.236 e. The van der Waals surface area contributed by atoms with Crippen molar-refractivity contribution in [3.63, 3.8) is 0 Å².